The molecule has 0 bridgehead atoms. The van der Waals surface area contributed by atoms with E-state index in [0.717, 1.165) is 4.90 Å². The zero-order chi connectivity index (χ0) is 14.3. The third-order valence-corrected chi connectivity index (χ3v) is 2.88. The Morgan fingerprint density at radius 1 is 1.11 bits per heavy atom. The third-order valence-electron chi connectivity index (χ3n) is 2.88. The fourth-order valence-corrected chi connectivity index (χ4v) is 1.87. The van der Waals surface area contributed by atoms with Crippen molar-refractivity contribution < 1.29 is 23.9 Å². The molecule has 0 aromatic heterocycles. The number of ketones is 1. The number of hydrogen-bond donors (Lipinski definition) is 0. The van der Waals surface area contributed by atoms with Crippen LogP contribution in [0.2, 0.25) is 0 Å². The molecule has 1 heterocycles. The van der Waals surface area contributed by atoms with Crippen LogP contribution in [0.1, 0.15) is 45.4 Å². The second-order valence-corrected chi connectivity index (χ2v) is 4.42. The Hall–Kier alpha value is -1.72. The molecule has 1 rings (SSSR count). The first-order valence-electron chi connectivity index (χ1n) is 6.55. The van der Waals surface area contributed by atoms with Crippen molar-refractivity contribution in [1.29, 1.82) is 0 Å². The summed E-state index contributed by atoms with van der Waals surface area (Å²) in [4.78, 5) is 47.1. The first-order chi connectivity index (χ1) is 9.04. The molecule has 1 fully saturated rings. The van der Waals surface area contributed by atoms with Crippen molar-refractivity contribution in [1.82, 2.24) is 4.90 Å². The quantitative estimate of drug-likeness (QED) is 0.527. The summed E-state index contributed by atoms with van der Waals surface area (Å²) in [6.07, 6.45) is 1.95. The largest absolute Gasteiger partial charge is 0.466 e. The van der Waals surface area contributed by atoms with Crippen LogP contribution in [-0.4, -0.2) is 41.6 Å². The molecule has 19 heavy (non-hydrogen) atoms. The van der Waals surface area contributed by atoms with Gasteiger partial charge in [-0.25, -0.2) is 0 Å². The van der Waals surface area contributed by atoms with Gasteiger partial charge in [-0.05, 0) is 19.8 Å². The molecule has 1 aliphatic rings. The lowest BCUT2D eigenvalue weighted by Gasteiger charge is -2.17. The van der Waals surface area contributed by atoms with Gasteiger partial charge in [0.25, 0.3) is 0 Å². The van der Waals surface area contributed by atoms with Gasteiger partial charge in [-0.2, -0.15) is 0 Å². The molecule has 0 unspecified atom stereocenters. The number of amides is 2. The van der Waals surface area contributed by atoms with E-state index in [0.29, 0.717) is 25.7 Å². The van der Waals surface area contributed by atoms with Gasteiger partial charge in [-0.3, -0.25) is 24.1 Å². The molecule has 6 nitrogen and oxygen atoms in total. The fraction of sp³-hybridized carbons (Fsp3) is 0.692. The first kappa shape index (κ1) is 15.3. The smallest absolute Gasteiger partial charge is 0.306 e. The zero-order valence-corrected chi connectivity index (χ0v) is 11.1. The van der Waals surface area contributed by atoms with Crippen molar-refractivity contribution in [2.24, 2.45) is 0 Å². The number of rotatable bonds is 6. The second kappa shape index (κ2) is 7.66. The average Bonchev–Trinajstić information content (AvgIpc) is 2.52. The molecular weight excluding hydrogens is 250 g/mol. The van der Waals surface area contributed by atoms with Gasteiger partial charge in [0.2, 0.25) is 11.8 Å². The van der Waals surface area contributed by atoms with E-state index in [2.05, 4.69) is 0 Å². The molecule has 0 aliphatic carbocycles. The summed E-state index contributed by atoms with van der Waals surface area (Å²) in [5.41, 5.74) is 0. The third kappa shape index (κ3) is 5.19. The number of hydrogen-bond acceptors (Lipinski definition) is 5. The molecular formula is C13H19NO5. The highest BCUT2D eigenvalue weighted by Crippen LogP contribution is 2.12. The summed E-state index contributed by atoms with van der Waals surface area (Å²) < 4.78 is 4.71. The van der Waals surface area contributed by atoms with E-state index in [-0.39, 0.29) is 43.6 Å². The van der Waals surface area contributed by atoms with E-state index in [4.69, 9.17) is 4.74 Å². The van der Waals surface area contributed by atoms with Gasteiger partial charge in [0.15, 0.2) is 5.78 Å². The molecule has 2 amide bonds. The molecule has 0 atom stereocenters. The zero-order valence-electron chi connectivity index (χ0n) is 11.1. The Kier molecular flexibility index (Phi) is 6.18. The lowest BCUT2D eigenvalue weighted by atomic mass is 10.2. The SMILES string of the molecule is CCOC(=O)CCC(=O)CN1C(=O)CCCCC1=O. The lowest BCUT2D eigenvalue weighted by molar-refractivity contribution is -0.147. The maximum absolute atomic E-state index is 11.7. The number of likely N-dealkylation sites (tertiary alicyclic amines) is 1. The van der Waals surface area contributed by atoms with Gasteiger partial charge < -0.3 is 4.74 Å². The highest BCUT2D eigenvalue weighted by molar-refractivity contribution is 6.00. The van der Waals surface area contributed by atoms with E-state index in [1.54, 1.807) is 6.92 Å². The van der Waals surface area contributed by atoms with Gasteiger partial charge in [-0.1, -0.05) is 0 Å². The minimum Gasteiger partial charge on any atom is -0.466 e. The predicted octanol–water partition coefficient (Wildman–Crippen LogP) is 0.828. The fourth-order valence-electron chi connectivity index (χ4n) is 1.87. The molecule has 106 valence electrons. The van der Waals surface area contributed by atoms with Gasteiger partial charge in [-0.15, -0.1) is 0 Å². The molecule has 1 aliphatic heterocycles. The maximum atomic E-state index is 11.7. The Bertz CT molecular complexity index is 359. The number of Topliss-reactive ketones (excluding diaryl/α,β-unsaturated/α-hetero) is 1. The predicted molar refractivity (Wildman–Crippen MR) is 66.1 cm³/mol. The van der Waals surface area contributed by atoms with Crippen LogP contribution in [0.25, 0.3) is 0 Å². The van der Waals surface area contributed by atoms with Crippen molar-refractivity contribution in [3.05, 3.63) is 0 Å². The normalized spacial score (nSPS) is 16.2. The van der Waals surface area contributed by atoms with E-state index in [1.807, 2.05) is 0 Å². The Morgan fingerprint density at radius 3 is 2.21 bits per heavy atom. The summed E-state index contributed by atoms with van der Waals surface area (Å²) in [7, 11) is 0. The van der Waals surface area contributed by atoms with E-state index in [9.17, 15) is 19.2 Å². The van der Waals surface area contributed by atoms with E-state index in [1.165, 1.54) is 0 Å². The minimum atomic E-state index is -0.440. The molecule has 0 saturated carbocycles. The maximum Gasteiger partial charge on any atom is 0.306 e. The molecule has 0 N–H and O–H groups in total. The first-order valence-corrected chi connectivity index (χ1v) is 6.55. The van der Waals surface area contributed by atoms with Crippen molar-refractivity contribution in [2.75, 3.05) is 13.2 Å². The van der Waals surface area contributed by atoms with Gasteiger partial charge in [0.1, 0.15) is 0 Å². The standard InChI is InChI=1S/C13H19NO5/c1-2-19-13(18)8-7-10(15)9-14-11(16)5-3-4-6-12(14)17/h2-9H2,1H3. The average molecular weight is 269 g/mol. The second-order valence-electron chi connectivity index (χ2n) is 4.42. The van der Waals surface area contributed by atoms with Crippen LogP contribution in [0, 0.1) is 0 Å². The lowest BCUT2D eigenvalue weighted by Crippen LogP contribution is -2.39. The van der Waals surface area contributed by atoms with Crippen LogP contribution in [-0.2, 0) is 23.9 Å². The summed E-state index contributed by atoms with van der Waals surface area (Å²) >= 11 is 0. The molecule has 0 radical (unpaired) electrons. The molecule has 0 aromatic carbocycles. The van der Waals surface area contributed by atoms with Crippen molar-refractivity contribution in [2.45, 2.75) is 45.4 Å². The number of nitrogens with zero attached hydrogens (tertiary/aromatic N) is 1. The van der Waals surface area contributed by atoms with Crippen LogP contribution >= 0.6 is 0 Å². The van der Waals surface area contributed by atoms with Gasteiger partial charge in [0, 0.05) is 19.3 Å². The molecule has 0 spiro atoms. The van der Waals surface area contributed by atoms with Crippen molar-refractivity contribution >= 4 is 23.6 Å². The molecule has 6 heteroatoms. The number of carbonyl (C=O) groups excluding carboxylic acids is 4. The topological polar surface area (TPSA) is 80.8 Å². The minimum absolute atomic E-state index is 0.00407. The number of imide groups is 1. The van der Waals surface area contributed by atoms with Gasteiger partial charge in [0.05, 0.1) is 19.6 Å². The van der Waals surface area contributed by atoms with Crippen LogP contribution < -0.4 is 0 Å². The van der Waals surface area contributed by atoms with Crippen LogP contribution in [0.5, 0.6) is 0 Å². The van der Waals surface area contributed by atoms with Crippen LogP contribution in [0.3, 0.4) is 0 Å². The summed E-state index contributed by atoms with van der Waals surface area (Å²) in [5.74, 6) is -1.33. The summed E-state index contributed by atoms with van der Waals surface area (Å²) in [6, 6.07) is 0. The highest BCUT2D eigenvalue weighted by atomic mass is 16.5. The number of ether oxygens (including phenoxy) is 1. The van der Waals surface area contributed by atoms with Crippen molar-refractivity contribution in [3.63, 3.8) is 0 Å². The van der Waals surface area contributed by atoms with E-state index < -0.39 is 5.97 Å². The summed E-state index contributed by atoms with van der Waals surface area (Å²) in [6.45, 7) is 1.74. The van der Waals surface area contributed by atoms with Crippen molar-refractivity contribution in [3.8, 4) is 0 Å². The Morgan fingerprint density at radius 2 is 1.68 bits per heavy atom. The molecule has 0 aromatic rings. The molecule has 1 saturated heterocycles. The number of esters is 1. The van der Waals surface area contributed by atoms with Crippen LogP contribution in [0.15, 0.2) is 0 Å². The van der Waals surface area contributed by atoms with Gasteiger partial charge >= 0.3 is 5.97 Å². The highest BCUT2D eigenvalue weighted by Gasteiger charge is 2.25. The Labute approximate surface area is 112 Å². The number of carbonyl (C=O) groups is 4. The van der Waals surface area contributed by atoms with E-state index >= 15 is 0 Å². The Balaban J connectivity index is 2.43. The monoisotopic (exact) mass is 269 g/mol. The van der Waals surface area contributed by atoms with Crippen LogP contribution in [0.4, 0.5) is 0 Å². The summed E-state index contributed by atoms with van der Waals surface area (Å²) in [5, 5.41) is 0.